The predicted molar refractivity (Wildman–Crippen MR) is 148 cm³/mol. The van der Waals surface area contributed by atoms with E-state index in [-0.39, 0.29) is 16.8 Å². The smallest absolute Gasteiger partial charge is 0.426 e. The molecule has 0 aliphatic heterocycles. The van der Waals surface area contributed by atoms with Gasteiger partial charge in [0.05, 0.1) is 31.2 Å². The van der Waals surface area contributed by atoms with E-state index < -0.39 is 51.5 Å². The number of ether oxygens (including phenoxy) is 2. The fourth-order valence-corrected chi connectivity index (χ4v) is 5.68. The van der Waals surface area contributed by atoms with Crippen molar-refractivity contribution in [3.63, 3.8) is 0 Å². The molecule has 1 fully saturated rings. The van der Waals surface area contributed by atoms with Crippen molar-refractivity contribution in [3.05, 3.63) is 43.6 Å². The molecule has 0 atom stereocenters. The topological polar surface area (TPSA) is 112 Å². The minimum Gasteiger partial charge on any atom is -0.501 e. The van der Waals surface area contributed by atoms with Crippen LogP contribution >= 0.6 is 33.9 Å². The van der Waals surface area contributed by atoms with Crippen LogP contribution in [0.15, 0.2) is 21.9 Å². The molecule has 0 radical (unpaired) electrons. The maximum absolute atomic E-state index is 13.5. The van der Waals surface area contributed by atoms with E-state index in [0.29, 0.717) is 29.9 Å². The van der Waals surface area contributed by atoms with E-state index in [4.69, 9.17) is 9.47 Å². The number of carbonyl (C=O) groups excluding carboxylic acids is 2. The average Bonchev–Trinajstić information content (AvgIpc) is 3.44. The molecule has 39 heavy (non-hydrogen) atoms. The third-order valence-electron chi connectivity index (χ3n) is 5.66. The Bertz CT molecular complexity index is 1400. The van der Waals surface area contributed by atoms with Gasteiger partial charge in [-0.3, -0.25) is 14.2 Å². The van der Waals surface area contributed by atoms with Gasteiger partial charge in [0.1, 0.15) is 14.0 Å². The summed E-state index contributed by atoms with van der Waals surface area (Å²) in [5, 5.41) is 1.05. The van der Waals surface area contributed by atoms with Crippen LogP contribution in [0.5, 0.6) is 0 Å². The van der Waals surface area contributed by atoms with E-state index in [1.165, 1.54) is 0 Å². The number of carbonyl (C=O) groups is 2. The van der Waals surface area contributed by atoms with E-state index in [9.17, 15) is 32.3 Å². The molecule has 0 spiro atoms. The van der Waals surface area contributed by atoms with Gasteiger partial charge in [-0.2, -0.15) is 13.2 Å². The molecular formula is C24H30F3IN4O6S. The van der Waals surface area contributed by atoms with Gasteiger partial charge in [0.25, 0.3) is 11.5 Å². The van der Waals surface area contributed by atoms with Crippen LogP contribution in [0.1, 0.15) is 57.4 Å². The largest absolute Gasteiger partial charge is 0.501 e. The maximum atomic E-state index is 13.5. The molecule has 2 aromatic rings. The molecule has 10 nitrogen and oxygen atoms in total. The Hall–Kier alpha value is -2.56. The van der Waals surface area contributed by atoms with E-state index in [1.807, 2.05) is 22.6 Å². The first-order valence-electron chi connectivity index (χ1n) is 12.1. The number of amides is 2. The summed E-state index contributed by atoms with van der Waals surface area (Å²) in [6.45, 7) is 7.65. The number of alkyl halides is 4. The summed E-state index contributed by atoms with van der Waals surface area (Å²) < 4.78 is 50.9. The highest BCUT2D eigenvalue weighted by Gasteiger charge is 2.45. The van der Waals surface area contributed by atoms with Gasteiger partial charge < -0.3 is 9.47 Å². The molecule has 0 saturated heterocycles. The van der Waals surface area contributed by atoms with Crippen LogP contribution in [0.4, 0.5) is 18.0 Å². The number of nitrogens with one attached hydrogen (secondary N) is 1. The Labute approximate surface area is 239 Å². The number of nitrogens with zero attached hydrogens (tertiary/aromatic N) is 3. The third kappa shape index (κ3) is 7.55. The summed E-state index contributed by atoms with van der Waals surface area (Å²) in [5.74, 6) is -0.678. The van der Waals surface area contributed by atoms with Crippen molar-refractivity contribution < 1.29 is 32.2 Å². The average molecular weight is 686 g/mol. The molecule has 1 saturated carbocycles. The normalized spacial score (nSPS) is 15.0. The highest BCUT2D eigenvalue weighted by molar-refractivity contribution is 14.1. The lowest BCUT2D eigenvalue weighted by atomic mass is 10.2. The maximum Gasteiger partial charge on any atom is 0.426 e. The fraction of sp³-hybridized carbons (Fsp3) is 0.583. The molecule has 216 valence electrons. The molecule has 2 amide bonds. The Morgan fingerprint density at radius 1 is 1.23 bits per heavy atom. The lowest BCUT2D eigenvalue weighted by molar-refractivity contribution is -0.136. The Morgan fingerprint density at radius 3 is 2.41 bits per heavy atom. The van der Waals surface area contributed by atoms with E-state index in [0.717, 1.165) is 37.8 Å². The van der Waals surface area contributed by atoms with E-state index in [1.54, 1.807) is 34.6 Å². The van der Waals surface area contributed by atoms with Crippen molar-refractivity contribution in [2.45, 2.75) is 82.3 Å². The second-order valence-electron chi connectivity index (χ2n) is 9.98. The zero-order valence-electron chi connectivity index (χ0n) is 22.1. The van der Waals surface area contributed by atoms with Crippen molar-refractivity contribution in [2.24, 2.45) is 0 Å². The number of aromatic nitrogens is 2. The van der Waals surface area contributed by atoms with Gasteiger partial charge in [0, 0.05) is 17.5 Å². The van der Waals surface area contributed by atoms with Crippen LogP contribution in [0.25, 0.3) is 10.2 Å². The molecule has 0 aromatic carbocycles. The lowest BCUT2D eigenvalue weighted by Gasteiger charge is -2.25. The van der Waals surface area contributed by atoms with Gasteiger partial charge in [0.2, 0.25) is 0 Å². The number of halogens is 4. The van der Waals surface area contributed by atoms with Crippen molar-refractivity contribution >= 4 is 56.1 Å². The molecular weight excluding hydrogens is 656 g/mol. The molecule has 0 bridgehead atoms. The van der Waals surface area contributed by atoms with Crippen LogP contribution in [-0.2, 0) is 30.9 Å². The van der Waals surface area contributed by atoms with Gasteiger partial charge in [-0.25, -0.2) is 24.6 Å². The van der Waals surface area contributed by atoms with Gasteiger partial charge in [-0.15, -0.1) is 11.3 Å². The number of fused-ring (bicyclic) bond motifs is 1. The van der Waals surface area contributed by atoms with Crippen molar-refractivity contribution in [2.75, 3.05) is 6.61 Å². The fourth-order valence-electron chi connectivity index (χ4n) is 3.68. The number of thiophene rings is 1. The first-order chi connectivity index (χ1) is 18.0. The second kappa shape index (κ2) is 11.5. The zero-order valence-corrected chi connectivity index (χ0v) is 25.1. The number of hydrogen-bond acceptors (Lipinski definition) is 7. The molecule has 0 unspecified atom stereocenters. The monoisotopic (exact) mass is 686 g/mol. The van der Waals surface area contributed by atoms with Gasteiger partial charge in [-0.05, 0) is 53.0 Å². The molecule has 1 N–H and O–H groups in total. The van der Waals surface area contributed by atoms with E-state index in [2.05, 4.69) is 5.43 Å². The molecule has 2 aromatic heterocycles. The SMILES string of the molecule is CCO/C=C/C(=O)N(Cc1sc2c(c1C)c(=O)n(C1(I)CC1)c(=O)n2CCC(F)(F)F)NC(=O)OC(C)(C)C. The Kier molecular flexibility index (Phi) is 9.14. The lowest BCUT2D eigenvalue weighted by Crippen LogP contribution is -2.47. The highest BCUT2D eigenvalue weighted by atomic mass is 127. The number of rotatable bonds is 8. The van der Waals surface area contributed by atoms with Gasteiger partial charge >= 0.3 is 18.0 Å². The minimum absolute atomic E-state index is 0.0770. The first-order valence-corrected chi connectivity index (χ1v) is 14.0. The molecule has 2 heterocycles. The summed E-state index contributed by atoms with van der Waals surface area (Å²) in [5.41, 5.74) is 0.505. The minimum atomic E-state index is -4.52. The summed E-state index contributed by atoms with van der Waals surface area (Å²) in [4.78, 5) is 52.6. The molecule has 3 rings (SSSR count). The van der Waals surface area contributed by atoms with Crippen molar-refractivity contribution in [3.8, 4) is 0 Å². The van der Waals surface area contributed by atoms with Crippen LogP contribution in [-0.4, -0.2) is 44.5 Å². The van der Waals surface area contributed by atoms with Gasteiger partial charge in [0.15, 0.2) is 0 Å². The number of aryl methyl sites for hydroxylation is 2. The summed E-state index contributed by atoms with van der Waals surface area (Å²) >= 11 is 2.90. The summed E-state index contributed by atoms with van der Waals surface area (Å²) in [6.07, 6.45) is -3.36. The van der Waals surface area contributed by atoms with Crippen molar-refractivity contribution in [1.29, 1.82) is 0 Å². The van der Waals surface area contributed by atoms with Gasteiger partial charge in [-0.1, -0.05) is 22.6 Å². The highest BCUT2D eigenvalue weighted by Crippen LogP contribution is 2.48. The number of hydrazine groups is 1. The van der Waals surface area contributed by atoms with Crippen LogP contribution in [0.3, 0.4) is 0 Å². The molecule has 1 aliphatic rings. The summed E-state index contributed by atoms with van der Waals surface area (Å²) in [6, 6.07) is 0. The van der Waals surface area contributed by atoms with Crippen LogP contribution in [0.2, 0.25) is 0 Å². The second-order valence-corrected chi connectivity index (χ2v) is 13.1. The van der Waals surface area contributed by atoms with Crippen LogP contribution < -0.4 is 16.7 Å². The van der Waals surface area contributed by atoms with Crippen LogP contribution in [0, 0.1) is 6.92 Å². The standard InChI is InChI=1S/C24H30F3IN4O6S/c1-6-37-12-7-16(33)31(29-20(35)38-22(3,4)5)13-15-14(2)17-18(34)32(23(28)8-9-23)21(36)30(19(17)39-15)11-10-24(25,26)27/h7,12H,6,8-11,13H2,1-5H3,(H,29,35)/b12-7+. The molecule has 15 heteroatoms. The van der Waals surface area contributed by atoms with E-state index >= 15 is 0 Å². The Morgan fingerprint density at radius 2 is 1.87 bits per heavy atom. The molecule has 1 aliphatic carbocycles. The Balaban J connectivity index is 2.11. The first kappa shape index (κ1) is 31.0. The third-order valence-corrected chi connectivity index (χ3v) is 8.52. The zero-order chi connectivity index (χ0) is 29.3. The van der Waals surface area contributed by atoms with Crippen molar-refractivity contribution in [1.82, 2.24) is 19.6 Å². The number of hydrogen-bond donors (Lipinski definition) is 1. The predicted octanol–water partition coefficient (Wildman–Crippen LogP) is 4.69. The quantitative estimate of drug-likeness (QED) is 0.142. The summed E-state index contributed by atoms with van der Waals surface area (Å²) in [7, 11) is 0.